The van der Waals surface area contributed by atoms with E-state index < -0.39 is 15.6 Å². The fourth-order valence-corrected chi connectivity index (χ4v) is 2.62. The van der Waals surface area contributed by atoms with Crippen molar-refractivity contribution in [1.82, 2.24) is 14.5 Å². The van der Waals surface area contributed by atoms with Gasteiger partial charge < -0.3 is 0 Å². The fourth-order valence-electron chi connectivity index (χ4n) is 0.948. The number of alkyl halides is 1. The van der Waals surface area contributed by atoms with Gasteiger partial charge in [0.25, 0.3) is 0 Å². The van der Waals surface area contributed by atoms with Gasteiger partial charge in [-0.1, -0.05) is 0 Å². The summed E-state index contributed by atoms with van der Waals surface area (Å²) in [7, 11) is -2.01. The topological polar surface area (TPSA) is 66.1 Å². The van der Waals surface area contributed by atoms with Crippen LogP contribution in [-0.2, 0) is 10.0 Å². The van der Waals surface area contributed by atoms with Crippen molar-refractivity contribution in [1.29, 1.82) is 0 Å². The Labute approximate surface area is 94.5 Å². The number of nitrogens with one attached hydrogen (secondary N) is 1. The molecule has 5 nitrogen and oxygen atoms in total. The van der Waals surface area contributed by atoms with Crippen molar-refractivity contribution < 1.29 is 8.42 Å². The van der Waals surface area contributed by atoms with Crippen molar-refractivity contribution in [2.75, 3.05) is 12.9 Å². The van der Waals surface area contributed by atoms with Crippen molar-refractivity contribution >= 4 is 21.6 Å². The first-order valence-corrected chi connectivity index (χ1v) is 6.33. The Morgan fingerprint density at radius 1 is 1.60 bits per heavy atom. The largest absolute Gasteiger partial charge is 0.284 e. The van der Waals surface area contributed by atoms with Crippen LogP contribution in [0.1, 0.15) is 13.8 Å². The Balaban J connectivity index is 3.09. The maximum Gasteiger partial charge on any atom is 0.246 e. The van der Waals surface area contributed by atoms with Gasteiger partial charge in [0.2, 0.25) is 10.0 Å². The second kappa shape index (κ2) is 4.11. The smallest absolute Gasteiger partial charge is 0.246 e. The van der Waals surface area contributed by atoms with Crippen LogP contribution in [0, 0.1) is 0 Å². The molecule has 0 radical (unpaired) electrons. The minimum Gasteiger partial charge on any atom is -0.284 e. The number of rotatable bonds is 4. The molecule has 0 aromatic carbocycles. The molecule has 0 fully saturated rings. The average molecular weight is 252 g/mol. The number of halogens is 1. The molecule has 0 spiro atoms. The molecule has 0 aliphatic heterocycles. The Bertz CT molecular complexity index is 413. The minimum atomic E-state index is -3.51. The summed E-state index contributed by atoms with van der Waals surface area (Å²) in [5, 5.41) is 6.09. The number of aromatic amines is 1. The highest BCUT2D eigenvalue weighted by Gasteiger charge is 2.33. The van der Waals surface area contributed by atoms with E-state index in [1.54, 1.807) is 13.8 Å². The lowest BCUT2D eigenvalue weighted by Crippen LogP contribution is -2.46. The summed E-state index contributed by atoms with van der Waals surface area (Å²) < 4.78 is 25.3. The van der Waals surface area contributed by atoms with Gasteiger partial charge in [0.15, 0.2) is 0 Å². The summed E-state index contributed by atoms with van der Waals surface area (Å²) in [6, 6.07) is 0. The summed E-state index contributed by atoms with van der Waals surface area (Å²) in [5.41, 5.74) is -0.627. The molecule has 1 rings (SSSR count). The van der Waals surface area contributed by atoms with Gasteiger partial charge in [-0.3, -0.25) is 5.10 Å². The summed E-state index contributed by atoms with van der Waals surface area (Å²) in [4.78, 5) is 0.142. The molecule has 7 heteroatoms. The van der Waals surface area contributed by atoms with E-state index in [9.17, 15) is 8.42 Å². The second-order valence-corrected chi connectivity index (χ2v) is 6.09. The number of hydrogen-bond donors (Lipinski definition) is 1. The molecule has 1 heterocycles. The number of hydrogen-bond acceptors (Lipinski definition) is 3. The zero-order valence-electron chi connectivity index (χ0n) is 8.86. The van der Waals surface area contributed by atoms with E-state index in [4.69, 9.17) is 11.6 Å². The molecular weight excluding hydrogens is 238 g/mol. The Morgan fingerprint density at radius 2 is 2.20 bits per heavy atom. The Kier molecular flexibility index (Phi) is 3.42. The van der Waals surface area contributed by atoms with Crippen molar-refractivity contribution in [3.05, 3.63) is 12.4 Å². The normalized spacial score (nSPS) is 13.4. The maximum absolute atomic E-state index is 12.0. The molecule has 1 N–H and O–H groups in total. The molecule has 0 saturated carbocycles. The van der Waals surface area contributed by atoms with Gasteiger partial charge in [0.05, 0.1) is 6.20 Å². The van der Waals surface area contributed by atoms with Crippen LogP contribution in [0.2, 0.25) is 0 Å². The SMILES string of the molecule is CN(C(C)(C)CCl)S(=O)(=O)c1cn[nH]c1. The quantitative estimate of drug-likeness (QED) is 0.814. The number of H-pyrrole nitrogens is 1. The summed E-state index contributed by atoms with van der Waals surface area (Å²) >= 11 is 5.73. The lowest BCUT2D eigenvalue weighted by molar-refractivity contribution is 0.296. The van der Waals surface area contributed by atoms with Gasteiger partial charge in [-0.05, 0) is 13.8 Å². The predicted octanol–water partition coefficient (Wildman–Crippen LogP) is 1.05. The number of nitrogens with zero attached hydrogens (tertiary/aromatic N) is 2. The summed E-state index contributed by atoms with van der Waals surface area (Å²) in [6.45, 7) is 3.52. The third kappa shape index (κ3) is 2.32. The first kappa shape index (κ1) is 12.5. The van der Waals surface area contributed by atoms with Crippen LogP contribution >= 0.6 is 11.6 Å². The van der Waals surface area contributed by atoms with E-state index >= 15 is 0 Å². The van der Waals surface area contributed by atoms with E-state index in [0.717, 1.165) is 0 Å². The van der Waals surface area contributed by atoms with Gasteiger partial charge in [0, 0.05) is 24.7 Å². The molecule has 86 valence electrons. The third-order valence-electron chi connectivity index (χ3n) is 2.31. The minimum absolute atomic E-state index is 0.142. The van der Waals surface area contributed by atoms with E-state index in [1.807, 2.05) is 0 Å². The van der Waals surface area contributed by atoms with Crippen LogP contribution in [0.5, 0.6) is 0 Å². The molecule has 0 unspecified atom stereocenters. The highest BCUT2D eigenvalue weighted by molar-refractivity contribution is 7.89. The summed E-state index contributed by atoms with van der Waals surface area (Å²) in [6.07, 6.45) is 2.62. The monoisotopic (exact) mass is 251 g/mol. The van der Waals surface area contributed by atoms with Crippen LogP contribution in [-0.4, -0.2) is 41.4 Å². The molecule has 0 amide bonds. The zero-order chi connectivity index (χ0) is 11.7. The highest BCUT2D eigenvalue weighted by atomic mass is 35.5. The molecule has 1 aromatic heterocycles. The third-order valence-corrected chi connectivity index (χ3v) is 5.00. The van der Waals surface area contributed by atoms with Crippen LogP contribution in [0.15, 0.2) is 17.3 Å². The Hall–Kier alpha value is -0.590. The van der Waals surface area contributed by atoms with Crippen LogP contribution in [0.25, 0.3) is 0 Å². The molecular formula is C8H14ClN3O2S. The van der Waals surface area contributed by atoms with Crippen molar-refractivity contribution in [2.24, 2.45) is 0 Å². The van der Waals surface area contributed by atoms with E-state index in [2.05, 4.69) is 10.2 Å². The lowest BCUT2D eigenvalue weighted by Gasteiger charge is -2.32. The highest BCUT2D eigenvalue weighted by Crippen LogP contribution is 2.22. The van der Waals surface area contributed by atoms with Gasteiger partial charge >= 0.3 is 0 Å². The van der Waals surface area contributed by atoms with E-state index in [0.29, 0.717) is 0 Å². The molecule has 1 aromatic rings. The maximum atomic E-state index is 12.0. The molecule has 0 atom stereocenters. The predicted molar refractivity (Wildman–Crippen MR) is 58.3 cm³/mol. The molecule has 0 saturated heterocycles. The molecule has 15 heavy (non-hydrogen) atoms. The van der Waals surface area contributed by atoms with Crippen molar-refractivity contribution in [3.8, 4) is 0 Å². The average Bonchev–Trinajstić information content (AvgIpc) is 2.69. The van der Waals surface area contributed by atoms with Gasteiger partial charge in [-0.25, -0.2) is 8.42 Å². The molecule has 0 aliphatic rings. The van der Waals surface area contributed by atoms with E-state index in [-0.39, 0.29) is 10.8 Å². The van der Waals surface area contributed by atoms with Crippen LogP contribution in [0.4, 0.5) is 0 Å². The van der Waals surface area contributed by atoms with Gasteiger partial charge in [-0.15, -0.1) is 11.6 Å². The van der Waals surface area contributed by atoms with Crippen molar-refractivity contribution in [3.63, 3.8) is 0 Å². The second-order valence-electron chi connectivity index (χ2n) is 3.85. The molecule has 0 bridgehead atoms. The van der Waals surface area contributed by atoms with Gasteiger partial charge in [0.1, 0.15) is 4.90 Å². The molecule has 0 aliphatic carbocycles. The first-order valence-electron chi connectivity index (χ1n) is 4.36. The van der Waals surface area contributed by atoms with Crippen LogP contribution in [0.3, 0.4) is 0 Å². The number of sulfonamides is 1. The van der Waals surface area contributed by atoms with Crippen LogP contribution < -0.4 is 0 Å². The van der Waals surface area contributed by atoms with Crippen molar-refractivity contribution in [2.45, 2.75) is 24.3 Å². The first-order chi connectivity index (χ1) is 6.82. The standard InChI is InChI=1S/C8H14ClN3O2S/c1-8(2,6-9)12(3)15(13,14)7-4-10-11-5-7/h4-5H,6H2,1-3H3,(H,10,11). The zero-order valence-corrected chi connectivity index (χ0v) is 10.4. The Morgan fingerprint density at radius 3 is 2.60 bits per heavy atom. The van der Waals surface area contributed by atoms with E-state index in [1.165, 1.54) is 23.7 Å². The lowest BCUT2D eigenvalue weighted by atomic mass is 10.1. The number of aromatic nitrogens is 2. The summed E-state index contributed by atoms with van der Waals surface area (Å²) in [5.74, 6) is 0.223. The van der Waals surface area contributed by atoms with Gasteiger partial charge in [-0.2, -0.15) is 9.40 Å². The fraction of sp³-hybridized carbons (Fsp3) is 0.625.